The van der Waals surface area contributed by atoms with Gasteiger partial charge < -0.3 is 19.7 Å². The number of piperazine rings is 1. The van der Waals surface area contributed by atoms with Crippen molar-refractivity contribution in [3.8, 4) is 11.5 Å². The van der Waals surface area contributed by atoms with Gasteiger partial charge in [-0.1, -0.05) is 19.9 Å². The van der Waals surface area contributed by atoms with Crippen LogP contribution in [-0.4, -0.2) is 38.4 Å². The Hall–Kier alpha value is -1.42. The van der Waals surface area contributed by atoms with Crippen molar-refractivity contribution in [3.05, 3.63) is 18.2 Å². The van der Waals surface area contributed by atoms with Crippen molar-refractivity contribution in [1.29, 1.82) is 0 Å². The molecule has 1 N–H and O–H groups in total. The summed E-state index contributed by atoms with van der Waals surface area (Å²) in [6, 6.07) is 6.77. The van der Waals surface area contributed by atoms with Crippen molar-refractivity contribution in [2.24, 2.45) is 0 Å². The molecule has 1 aromatic rings. The van der Waals surface area contributed by atoms with Crippen LogP contribution < -0.4 is 19.7 Å². The zero-order valence-electron chi connectivity index (χ0n) is 12.4. The van der Waals surface area contributed by atoms with Crippen LogP contribution in [0.2, 0.25) is 0 Å². The van der Waals surface area contributed by atoms with E-state index in [0.29, 0.717) is 12.6 Å². The summed E-state index contributed by atoms with van der Waals surface area (Å²) in [5, 5.41) is 3.47. The summed E-state index contributed by atoms with van der Waals surface area (Å²) in [5.41, 5.74) is 1.19. The molecule has 0 saturated carbocycles. The molecule has 2 unspecified atom stereocenters. The minimum atomic E-state index is 0.173. The van der Waals surface area contributed by atoms with Gasteiger partial charge in [-0.3, -0.25) is 0 Å². The normalized spacial score (nSPS) is 25.6. The van der Waals surface area contributed by atoms with Crippen LogP contribution in [0.25, 0.3) is 0 Å². The van der Waals surface area contributed by atoms with E-state index in [-0.39, 0.29) is 6.10 Å². The van der Waals surface area contributed by atoms with Crippen LogP contribution >= 0.6 is 0 Å². The molecule has 0 bridgehead atoms. The van der Waals surface area contributed by atoms with E-state index in [9.17, 15) is 0 Å². The van der Waals surface area contributed by atoms with Crippen LogP contribution in [0.5, 0.6) is 11.5 Å². The van der Waals surface area contributed by atoms with Crippen LogP contribution in [-0.2, 0) is 0 Å². The number of fused-ring (bicyclic) bond motifs is 1. The third-order valence-corrected chi connectivity index (χ3v) is 4.25. The van der Waals surface area contributed by atoms with E-state index in [1.165, 1.54) is 5.69 Å². The molecule has 4 nitrogen and oxygen atoms in total. The highest BCUT2D eigenvalue weighted by molar-refractivity contribution is 5.66. The Morgan fingerprint density at radius 3 is 3.00 bits per heavy atom. The van der Waals surface area contributed by atoms with Gasteiger partial charge in [-0.15, -0.1) is 0 Å². The van der Waals surface area contributed by atoms with Crippen molar-refractivity contribution >= 4 is 5.69 Å². The number of hydrogen-bond acceptors (Lipinski definition) is 4. The molecule has 2 atom stereocenters. The maximum absolute atomic E-state index is 6.17. The van der Waals surface area contributed by atoms with Gasteiger partial charge in [0, 0.05) is 25.7 Å². The monoisotopic (exact) mass is 276 g/mol. The Balaban J connectivity index is 1.93. The summed E-state index contributed by atoms with van der Waals surface area (Å²) >= 11 is 0. The zero-order valence-corrected chi connectivity index (χ0v) is 12.4. The SMILES string of the molecule is CCC1COc2cccc(N3CCNCC3CC)c2O1. The van der Waals surface area contributed by atoms with Crippen molar-refractivity contribution < 1.29 is 9.47 Å². The number of rotatable bonds is 3. The number of nitrogens with one attached hydrogen (secondary N) is 1. The van der Waals surface area contributed by atoms with Gasteiger partial charge in [0.05, 0.1) is 5.69 Å². The molecule has 4 heteroatoms. The summed E-state index contributed by atoms with van der Waals surface area (Å²) < 4.78 is 12.0. The third-order valence-electron chi connectivity index (χ3n) is 4.25. The first-order valence-electron chi connectivity index (χ1n) is 7.73. The summed E-state index contributed by atoms with van der Waals surface area (Å²) in [6.45, 7) is 8.13. The van der Waals surface area contributed by atoms with Crippen molar-refractivity contribution in [3.63, 3.8) is 0 Å². The number of anilines is 1. The second-order valence-electron chi connectivity index (χ2n) is 5.52. The quantitative estimate of drug-likeness (QED) is 0.919. The fraction of sp³-hybridized carbons (Fsp3) is 0.625. The van der Waals surface area contributed by atoms with Gasteiger partial charge in [0.2, 0.25) is 0 Å². The molecule has 0 spiro atoms. The van der Waals surface area contributed by atoms with E-state index in [4.69, 9.17) is 9.47 Å². The Morgan fingerprint density at radius 2 is 2.20 bits per heavy atom. The topological polar surface area (TPSA) is 33.7 Å². The highest BCUT2D eigenvalue weighted by atomic mass is 16.6. The van der Waals surface area contributed by atoms with Crippen LogP contribution in [0.1, 0.15) is 26.7 Å². The molecule has 1 aromatic carbocycles. The number of hydrogen-bond donors (Lipinski definition) is 1. The van der Waals surface area contributed by atoms with Crippen molar-refractivity contribution in [2.75, 3.05) is 31.1 Å². The first-order chi connectivity index (χ1) is 9.83. The average Bonchev–Trinajstić information content (AvgIpc) is 2.53. The summed E-state index contributed by atoms with van der Waals surface area (Å²) in [4.78, 5) is 2.47. The lowest BCUT2D eigenvalue weighted by Gasteiger charge is -2.39. The molecule has 1 saturated heterocycles. The maximum Gasteiger partial charge on any atom is 0.185 e. The molecule has 2 aliphatic heterocycles. The molecule has 0 aromatic heterocycles. The standard InChI is InChI=1S/C16H24N2O2/c1-3-12-10-17-8-9-18(12)14-6-5-7-15-16(14)20-13(4-2)11-19-15/h5-7,12-13,17H,3-4,8-11H2,1-2H3. The molecule has 2 aliphatic rings. The van der Waals surface area contributed by atoms with E-state index in [1.54, 1.807) is 0 Å². The zero-order chi connectivity index (χ0) is 13.9. The predicted octanol–water partition coefficient (Wildman–Crippen LogP) is 2.42. The molecular weight excluding hydrogens is 252 g/mol. The second-order valence-corrected chi connectivity index (χ2v) is 5.52. The fourth-order valence-corrected chi connectivity index (χ4v) is 2.99. The lowest BCUT2D eigenvalue weighted by Crippen LogP contribution is -2.51. The molecule has 110 valence electrons. The van der Waals surface area contributed by atoms with E-state index < -0.39 is 0 Å². The fourth-order valence-electron chi connectivity index (χ4n) is 2.99. The van der Waals surface area contributed by atoms with E-state index in [0.717, 1.165) is 44.0 Å². The number of para-hydroxylation sites is 1. The third kappa shape index (κ3) is 2.44. The van der Waals surface area contributed by atoms with Gasteiger partial charge in [0.25, 0.3) is 0 Å². The molecule has 20 heavy (non-hydrogen) atoms. The van der Waals surface area contributed by atoms with Gasteiger partial charge >= 0.3 is 0 Å². The maximum atomic E-state index is 6.17. The Bertz CT molecular complexity index is 464. The van der Waals surface area contributed by atoms with Gasteiger partial charge in [-0.25, -0.2) is 0 Å². The van der Waals surface area contributed by atoms with Crippen molar-refractivity contribution in [1.82, 2.24) is 5.32 Å². The first-order valence-corrected chi connectivity index (χ1v) is 7.73. The van der Waals surface area contributed by atoms with E-state index in [2.05, 4.69) is 36.2 Å². The Morgan fingerprint density at radius 1 is 1.30 bits per heavy atom. The Kier molecular flexibility index (Phi) is 4.01. The van der Waals surface area contributed by atoms with Crippen LogP contribution in [0.3, 0.4) is 0 Å². The average molecular weight is 276 g/mol. The van der Waals surface area contributed by atoms with Crippen molar-refractivity contribution in [2.45, 2.75) is 38.8 Å². The lowest BCUT2D eigenvalue weighted by molar-refractivity contribution is 0.0887. The molecular formula is C16H24N2O2. The van der Waals surface area contributed by atoms with Gasteiger partial charge in [0.1, 0.15) is 12.7 Å². The van der Waals surface area contributed by atoms with E-state index in [1.807, 2.05) is 6.07 Å². The number of ether oxygens (including phenoxy) is 2. The van der Waals surface area contributed by atoms with Gasteiger partial charge in [0.15, 0.2) is 11.5 Å². The molecule has 2 heterocycles. The summed E-state index contributed by atoms with van der Waals surface area (Å²) in [5.74, 6) is 1.83. The minimum Gasteiger partial charge on any atom is -0.486 e. The van der Waals surface area contributed by atoms with E-state index >= 15 is 0 Å². The number of benzene rings is 1. The van der Waals surface area contributed by atoms with Gasteiger partial charge in [-0.2, -0.15) is 0 Å². The smallest absolute Gasteiger partial charge is 0.185 e. The highest BCUT2D eigenvalue weighted by Crippen LogP contribution is 2.42. The molecule has 1 fully saturated rings. The molecule has 0 radical (unpaired) electrons. The highest BCUT2D eigenvalue weighted by Gasteiger charge is 2.28. The Labute approximate surface area is 121 Å². The minimum absolute atomic E-state index is 0.173. The predicted molar refractivity (Wildman–Crippen MR) is 80.9 cm³/mol. The summed E-state index contributed by atoms with van der Waals surface area (Å²) in [7, 11) is 0. The molecule has 0 aliphatic carbocycles. The molecule has 0 amide bonds. The lowest BCUT2D eigenvalue weighted by atomic mass is 10.1. The first kappa shape index (κ1) is 13.6. The largest absolute Gasteiger partial charge is 0.486 e. The van der Waals surface area contributed by atoms with Gasteiger partial charge in [-0.05, 0) is 25.0 Å². The number of nitrogens with zero attached hydrogens (tertiary/aromatic N) is 1. The van der Waals surface area contributed by atoms with Crippen LogP contribution in [0, 0.1) is 0 Å². The summed E-state index contributed by atoms with van der Waals surface area (Å²) in [6.07, 6.45) is 2.29. The second kappa shape index (κ2) is 5.92. The molecule has 3 rings (SSSR count). The van der Waals surface area contributed by atoms with Crippen LogP contribution in [0.4, 0.5) is 5.69 Å². The van der Waals surface area contributed by atoms with Crippen LogP contribution in [0.15, 0.2) is 18.2 Å².